The smallest absolute Gasteiger partial charge is 0.199 e. The molecule has 3 aromatic rings. The number of imidazole rings is 1. The van der Waals surface area contributed by atoms with Crippen LogP contribution in [0.1, 0.15) is 30.3 Å². The van der Waals surface area contributed by atoms with E-state index >= 15 is 0 Å². The number of nitrogens with one attached hydrogen (secondary N) is 2. The fraction of sp³-hybridized carbons (Fsp3) is 0.316. The van der Waals surface area contributed by atoms with Gasteiger partial charge in [-0.3, -0.25) is 0 Å². The van der Waals surface area contributed by atoms with Gasteiger partial charge in [-0.2, -0.15) is 0 Å². The Kier molecular flexibility index (Phi) is 5.11. The summed E-state index contributed by atoms with van der Waals surface area (Å²) < 4.78 is 13.1. The summed E-state index contributed by atoms with van der Waals surface area (Å²) in [6, 6.07) is 16.0. The molecule has 3 rings (SSSR count). The van der Waals surface area contributed by atoms with Gasteiger partial charge in [0, 0.05) is 0 Å². The van der Waals surface area contributed by atoms with E-state index in [2.05, 4.69) is 41.3 Å². The maximum Gasteiger partial charge on any atom is 0.199 e. The molecule has 24 heavy (non-hydrogen) atoms. The van der Waals surface area contributed by atoms with Gasteiger partial charge in [-0.1, -0.05) is 50.2 Å². The third kappa shape index (κ3) is 3.42. The predicted octanol–water partition coefficient (Wildman–Crippen LogP) is 3.79. The van der Waals surface area contributed by atoms with Crippen LogP contribution in [0.15, 0.2) is 53.7 Å². The van der Waals surface area contributed by atoms with Crippen molar-refractivity contribution in [1.29, 1.82) is 0 Å². The Labute approximate surface area is 145 Å². The van der Waals surface area contributed by atoms with Crippen molar-refractivity contribution >= 4 is 21.8 Å². The van der Waals surface area contributed by atoms with E-state index in [0.717, 1.165) is 23.0 Å². The van der Waals surface area contributed by atoms with Crippen LogP contribution in [0.4, 0.5) is 0 Å². The number of rotatable bonds is 6. The molecule has 2 N–H and O–H groups in total. The summed E-state index contributed by atoms with van der Waals surface area (Å²) in [4.78, 5) is 7.69. The fourth-order valence-electron chi connectivity index (χ4n) is 2.93. The molecule has 0 aliphatic rings. The summed E-state index contributed by atoms with van der Waals surface area (Å²) in [6.07, 6.45) is 0.964. The molecule has 0 spiro atoms. The Morgan fingerprint density at radius 3 is 2.54 bits per heavy atom. The Balaban J connectivity index is 1.98. The molecule has 0 bridgehead atoms. The van der Waals surface area contributed by atoms with Gasteiger partial charge in [0.05, 0.1) is 11.0 Å². The molecule has 5 heteroatoms. The molecule has 2 aromatic carbocycles. The van der Waals surface area contributed by atoms with Gasteiger partial charge >= 0.3 is 0 Å². The van der Waals surface area contributed by atoms with E-state index in [-0.39, 0.29) is 5.37 Å². The van der Waals surface area contributed by atoms with Gasteiger partial charge < -0.3 is 10.3 Å². The van der Waals surface area contributed by atoms with Crippen LogP contribution in [-0.2, 0) is 17.2 Å². The third-order valence-corrected chi connectivity index (χ3v) is 5.49. The van der Waals surface area contributed by atoms with E-state index in [0.29, 0.717) is 11.1 Å². The average molecular weight is 341 g/mol. The Hall–Kier alpha value is -1.98. The molecule has 126 valence electrons. The maximum absolute atomic E-state index is 13.1. The van der Waals surface area contributed by atoms with Crippen LogP contribution in [0, 0.1) is 5.92 Å². The van der Waals surface area contributed by atoms with Crippen LogP contribution in [0.3, 0.4) is 0 Å². The minimum absolute atomic E-state index is 0.291. The van der Waals surface area contributed by atoms with Crippen molar-refractivity contribution in [2.75, 3.05) is 7.05 Å². The quantitative estimate of drug-likeness (QED) is 0.717. The van der Waals surface area contributed by atoms with Gasteiger partial charge in [-0.25, -0.2) is 9.19 Å². The minimum atomic E-state index is -1.31. The SMILES string of the molecule is CNC(c1ccccc1CC(C)C)S(=O)c1nc2ccccc2[nH]1. The van der Waals surface area contributed by atoms with E-state index in [1.54, 1.807) is 0 Å². The molecule has 0 fully saturated rings. The average Bonchev–Trinajstić information content (AvgIpc) is 3.00. The molecule has 0 aliphatic carbocycles. The molecule has 0 saturated heterocycles. The zero-order valence-electron chi connectivity index (χ0n) is 14.2. The second-order valence-electron chi connectivity index (χ2n) is 6.32. The van der Waals surface area contributed by atoms with E-state index in [1.165, 1.54) is 5.56 Å². The summed E-state index contributed by atoms with van der Waals surface area (Å²) in [5.74, 6) is 0.545. The number of benzene rings is 2. The Bertz CT molecular complexity index is 823. The number of H-pyrrole nitrogens is 1. The molecule has 2 atom stereocenters. The molecule has 0 aliphatic heterocycles. The zero-order chi connectivity index (χ0) is 17.1. The molecule has 0 radical (unpaired) electrons. The van der Waals surface area contributed by atoms with Crippen LogP contribution in [0.5, 0.6) is 0 Å². The van der Waals surface area contributed by atoms with Crippen molar-refractivity contribution in [2.45, 2.75) is 30.8 Å². The van der Waals surface area contributed by atoms with Crippen molar-refractivity contribution in [3.05, 3.63) is 59.7 Å². The molecule has 1 aromatic heterocycles. The van der Waals surface area contributed by atoms with Crippen molar-refractivity contribution in [1.82, 2.24) is 15.3 Å². The van der Waals surface area contributed by atoms with Crippen LogP contribution < -0.4 is 5.32 Å². The van der Waals surface area contributed by atoms with E-state index in [9.17, 15) is 4.21 Å². The molecule has 1 heterocycles. The first kappa shape index (κ1) is 16.9. The first-order valence-corrected chi connectivity index (χ1v) is 9.42. The van der Waals surface area contributed by atoms with E-state index < -0.39 is 10.8 Å². The monoisotopic (exact) mass is 341 g/mol. The highest BCUT2D eigenvalue weighted by Gasteiger charge is 2.24. The highest BCUT2D eigenvalue weighted by molar-refractivity contribution is 7.85. The molecule has 0 amide bonds. The molecular formula is C19H23N3OS. The van der Waals surface area contributed by atoms with Crippen molar-refractivity contribution in [2.24, 2.45) is 5.92 Å². The third-order valence-electron chi connectivity index (χ3n) is 4.00. The summed E-state index contributed by atoms with van der Waals surface area (Å²) in [7, 11) is 0.537. The number of aromatic amines is 1. The maximum atomic E-state index is 13.1. The lowest BCUT2D eigenvalue weighted by Gasteiger charge is -2.19. The zero-order valence-corrected chi connectivity index (χ0v) is 15.1. The van der Waals surface area contributed by atoms with Gasteiger partial charge in [0.2, 0.25) is 0 Å². The van der Waals surface area contributed by atoms with Crippen LogP contribution in [0.25, 0.3) is 11.0 Å². The number of nitrogens with zero attached hydrogens (tertiary/aromatic N) is 1. The highest BCUT2D eigenvalue weighted by Crippen LogP contribution is 2.27. The largest absolute Gasteiger partial charge is 0.331 e. The molecule has 2 unspecified atom stereocenters. The van der Waals surface area contributed by atoms with Gasteiger partial charge in [0.1, 0.15) is 16.2 Å². The number of hydrogen-bond acceptors (Lipinski definition) is 3. The van der Waals surface area contributed by atoms with Crippen molar-refractivity contribution in [3.8, 4) is 0 Å². The number of hydrogen-bond donors (Lipinski definition) is 2. The molecular weight excluding hydrogens is 318 g/mol. The lowest BCUT2D eigenvalue weighted by Crippen LogP contribution is -2.23. The standard InChI is InChI=1S/C19H23N3OS/c1-13(2)12-14-8-4-5-9-15(14)18(20-3)24(23)19-21-16-10-6-7-11-17(16)22-19/h4-11,13,18,20H,12H2,1-3H3,(H,21,22). The fourth-order valence-corrected chi connectivity index (χ4v) is 4.23. The van der Waals surface area contributed by atoms with Gasteiger partial charge in [-0.15, -0.1) is 0 Å². The first-order valence-electron chi connectivity index (χ1n) is 8.20. The van der Waals surface area contributed by atoms with Crippen LogP contribution in [-0.4, -0.2) is 21.2 Å². The van der Waals surface area contributed by atoms with E-state index in [4.69, 9.17) is 0 Å². The molecule has 4 nitrogen and oxygen atoms in total. The summed E-state index contributed by atoms with van der Waals surface area (Å²) in [5, 5.41) is 3.43. The van der Waals surface area contributed by atoms with Crippen LogP contribution >= 0.6 is 0 Å². The van der Waals surface area contributed by atoms with Gasteiger partial charge in [0.15, 0.2) is 5.16 Å². The lowest BCUT2D eigenvalue weighted by molar-refractivity contribution is 0.627. The number of para-hydroxylation sites is 2. The van der Waals surface area contributed by atoms with Crippen molar-refractivity contribution < 1.29 is 4.21 Å². The number of aromatic nitrogens is 2. The van der Waals surface area contributed by atoms with Gasteiger partial charge in [0.25, 0.3) is 0 Å². The second-order valence-corrected chi connectivity index (χ2v) is 7.77. The number of fused-ring (bicyclic) bond motifs is 1. The Morgan fingerprint density at radius 1 is 1.12 bits per heavy atom. The highest BCUT2D eigenvalue weighted by atomic mass is 32.2. The minimum Gasteiger partial charge on any atom is -0.331 e. The summed E-state index contributed by atoms with van der Waals surface area (Å²) >= 11 is 0. The summed E-state index contributed by atoms with van der Waals surface area (Å²) in [5.41, 5.74) is 4.06. The second kappa shape index (κ2) is 7.28. The van der Waals surface area contributed by atoms with Crippen molar-refractivity contribution in [3.63, 3.8) is 0 Å². The van der Waals surface area contributed by atoms with Gasteiger partial charge in [-0.05, 0) is 42.6 Å². The predicted molar refractivity (Wildman–Crippen MR) is 99.3 cm³/mol. The molecule has 0 saturated carbocycles. The topological polar surface area (TPSA) is 57.8 Å². The lowest BCUT2D eigenvalue weighted by atomic mass is 9.98. The first-order chi connectivity index (χ1) is 11.6. The Morgan fingerprint density at radius 2 is 1.83 bits per heavy atom. The van der Waals surface area contributed by atoms with E-state index in [1.807, 2.05) is 43.4 Å². The normalized spacial score (nSPS) is 14.2. The summed E-state index contributed by atoms with van der Waals surface area (Å²) in [6.45, 7) is 4.39. The van der Waals surface area contributed by atoms with Crippen LogP contribution in [0.2, 0.25) is 0 Å².